The average molecular weight is 487 g/mol. The summed E-state index contributed by atoms with van der Waals surface area (Å²) in [7, 11) is -3.51. The SMILES string of the molecule is CC(C)(O)c1ccc(N2CCN(S(=O)(=O)c3cccs3)C[C@@H]2CNCc2cccnc2)cc1. The molecule has 33 heavy (non-hydrogen) atoms. The lowest BCUT2D eigenvalue weighted by molar-refractivity contribution is 0.0786. The Bertz CT molecular complexity index is 1130. The zero-order valence-electron chi connectivity index (χ0n) is 18.9. The first-order chi connectivity index (χ1) is 15.7. The molecule has 9 heteroatoms. The molecular weight excluding hydrogens is 456 g/mol. The van der Waals surface area contributed by atoms with Gasteiger partial charge in [-0.2, -0.15) is 4.31 Å². The van der Waals surface area contributed by atoms with Crippen LogP contribution in [0.4, 0.5) is 5.69 Å². The van der Waals surface area contributed by atoms with Gasteiger partial charge in [-0.05, 0) is 54.6 Å². The lowest BCUT2D eigenvalue weighted by Crippen LogP contribution is -2.57. The number of aromatic nitrogens is 1. The average Bonchev–Trinajstić information content (AvgIpc) is 3.35. The zero-order valence-corrected chi connectivity index (χ0v) is 20.5. The minimum atomic E-state index is -3.51. The van der Waals surface area contributed by atoms with Crippen molar-refractivity contribution in [2.45, 2.75) is 36.2 Å². The molecule has 3 heterocycles. The second-order valence-corrected chi connectivity index (χ2v) is 11.9. The highest BCUT2D eigenvalue weighted by atomic mass is 32.2. The number of anilines is 1. The summed E-state index contributed by atoms with van der Waals surface area (Å²) in [6.45, 7) is 6.22. The minimum Gasteiger partial charge on any atom is -0.386 e. The summed E-state index contributed by atoms with van der Waals surface area (Å²) in [5.41, 5.74) is 2.04. The Hall–Kier alpha value is -2.30. The molecule has 0 unspecified atom stereocenters. The molecule has 1 aliphatic heterocycles. The number of nitrogens with one attached hydrogen (secondary N) is 1. The van der Waals surface area contributed by atoms with Crippen LogP contribution in [0.15, 0.2) is 70.5 Å². The van der Waals surface area contributed by atoms with Crippen molar-refractivity contribution in [1.82, 2.24) is 14.6 Å². The monoisotopic (exact) mass is 486 g/mol. The Morgan fingerprint density at radius 3 is 2.58 bits per heavy atom. The molecule has 2 N–H and O–H groups in total. The lowest BCUT2D eigenvalue weighted by atomic mass is 9.98. The molecule has 0 radical (unpaired) electrons. The molecule has 3 aromatic rings. The molecule has 1 aliphatic rings. The lowest BCUT2D eigenvalue weighted by Gasteiger charge is -2.42. The summed E-state index contributed by atoms with van der Waals surface area (Å²) in [4.78, 5) is 6.41. The molecule has 1 saturated heterocycles. The van der Waals surface area contributed by atoms with E-state index in [-0.39, 0.29) is 6.04 Å². The maximum atomic E-state index is 13.1. The number of pyridine rings is 1. The molecule has 2 aromatic heterocycles. The Morgan fingerprint density at radius 1 is 1.15 bits per heavy atom. The van der Waals surface area contributed by atoms with Crippen molar-refractivity contribution in [2.24, 2.45) is 0 Å². The van der Waals surface area contributed by atoms with Crippen LogP contribution in [0.1, 0.15) is 25.0 Å². The van der Waals surface area contributed by atoms with E-state index in [1.807, 2.05) is 42.6 Å². The van der Waals surface area contributed by atoms with Gasteiger partial charge in [-0.3, -0.25) is 4.98 Å². The third-order valence-corrected chi connectivity index (χ3v) is 9.11. The van der Waals surface area contributed by atoms with Gasteiger partial charge in [-0.1, -0.05) is 24.3 Å². The highest BCUT2D eigenvalue weighted by molar-refractivity contribution is 7.91. The van der Waals surface area contributed by atoms with Gasteiger partial charge in [0.05, 0.1) is 11.6 Å². The van der Waals surface area contributed by atoms with Gasteiger partial charge in [0, 0.05) is 50.8 Å². The van der Waals surface area contributed by atoms with Crippen molar-refractivity contribution >= 4 is 27.0 Å². The standard InChI is InChI=1S/C24H30N4O3S2/c1-24(2,29)20-7-9-21(10-8-20)28-13-12-27(33(30,31)23-6-4-14-32-23)18-22(28)17-26-16-19-5-3-11-25-15-19/h3-11,14-15,22,26,29H,12-13,16-18H2,1-2H3/t22-/m0/s1. The molecule has 1 atom stereocenters. The predicted molar refractivity (Wildman–Crippen MR) is 132 cm³/mol. The molecule has 0 aliphatic carbocycles. The zero-order chi connectivity index (χ0) is 23.5. The van der Waals surface area contributed by atoms with Crippen LogP contribution in [-0.2, 0) is 22.2 Å². The summed E-state index contributed by atoms with van der Waals surface area (Å²) in [5.74, 6) is 0. The minimum absolute atomic E-state index is 0.0434. The topological polar surface area (TPSA) is 85.8 Å². The molecule has 0 bridgehead atoms. The normalized spacial score (nSPS) is 17.9. The van der Waals surface area contributed by atoms with Crippen molar-refractivity contribution in [3.8, 4) is 0 Å². The van der Waals surface area contributed by atoms with Crippen LogP contribution in [0, 0.1) is 0 Å². The fraction of sp³-hybridized carbons (Fsp3) is 0.375. The van der Waals surface area contributed by atoms with Gasteiger partial charge >= 0.3 is 0 Å². The summed E-state index contributed by atoms with van der Waals surface area (Å²) in [5, 5.41) is 15.5. The van der Waals surface area contributed by atoms with E-state index >= 15 is 0 Å². The van der Waals surface area contributed by atoms with Crippen LogP contribution in [0.25, 0.3) is 0 Å². The van der Waals surface area contributed by atoms with Gasteiger partial charge in [0.15, 0.2) is 0 Å². The molecule has 176 valence electrons. The molecule has 4 rings (SSSR count). The number of sulfonamides is 1. The first kappa shape index (κ1) is 23.8. The van der Waals surface area contributed by atoms with Crippen LogP contribution in [-0.4, -0.2) is 55.0 Å². The molecule has 7 nitrogen and oxygen atoms in total. The van der Waals surface area contributed by atoms with Gasteiger partial charge in [-0.15, -0.1) is 11.3 Å². The molecule has 0 amide bonds. The van der Waals surface area contributed by atoms with Gasteiger partial charge in [0.2, 0.25) is 0 Å². The van der Waals surface area contributed by atoms with Crippen LogP contribution in [0.5, 0.6) is 0 Å². The van der Waals surface area contributed by atoms with Crippen molar-refractivity contribution in [3.63, 3.8) is 0 Å². The van der Waals surface area contributed by atoms with E-state index in [1.165, 1.54) is 11.3 Å². The number of hydrogen-bond donors (Lipinski definition) is 2. The summed E-state index contributed by atoms with van der Waals surface area (Å²) in [6, 6.07) is 15.2. The highest BCUT2D eigenvalue weighted by Gasteiger charge is 2.34. The maximum absolute atomic E-state index is 13.1. The molecule has 1 aromatic carbocycles. The van der Waals surface area contributed by atoms with E-state index in [1.54, 1.807) is 41.9 Å². The smallest absolute Gasteiger partial charge is 0.252 e. The van der Waals surface area contributed by atoms with Crippen molar-refractivity contribution in [3.05, 3.63) is 77.4 Å². The highest BCUT2D eigenvalue weighted by Crippen LogP contribution is 2.28. The molecule has 0 spiro atoms. The van der Waals surface area contributed by atoms with Gasteiger partial charge in [-0.25, -0.2) is 8.42 Å². The van der Waals surface area contributed by atoms with E-state index < -0.39 is 15.6 Å². The fourth-order valence-electron chi connectivity index (χ4n) is 4.04. The Kier molecular flexibility index (Phi) is 7.16. The summed E-state index contributed by atoms with van der Waals surface area (Å²) >= 11 is 1.25. The van der Waals surface area contributed by atoms with Crippen LogP contribution in [0.2, 0.25) is 0 Å². The van der Waals surface area contributed by atoms with Gasteiger partial charge in [0.1, 0.15) is 4.21 Å². The number of benzene rings is 1. The molecule has 1 fully saturated rings. The van der Waals surface area contributed by atoms with E-state index in [4.69, 9.17) is 0 Å². The van der Waals surface area contributed by atoms with E-state index in [2.05, 4.69) is 15.2 Å². The van der Waals surface area contributed by atoms with Crippen molar-refractivity contribution < 1.29 is 13.5 Å². The fourth-order valence-corrected chi connectivity index (χ4v) is 6.66. The summed E-state index contributed by atoms with van der Waals surface area (Å²) in [6.07, 6.45) is 3.57. The van der Waals surface area contributed by atoms with E-state index in [0.29, 0.717) is 36.9 Å². The van der Waals surface area contributed by atoms with E-state index in [0.717, 1.165) is 16.8 Å². The quantitative estimate of drug-likeness (QED) is 0.509. The second-order valence-electron chi connectivity index (χ2n) is 8.74. The van der Waals surface area contributed by atoms with Crippen LogP contribution in [0.3, 0.4) is 0 Å². The summed E-state index contributed by atoms with van der Waals surface area (Å²) < 4.78 is 28.3. The number of nitrogens with zero attached hydrogens (tertiary/aromatic N) is 3. The third kappa shape index (κ3) is 5.62. The Balaban J connectivity index is 1.53. The Morgan fingerprint density at radius 2 is 1.94 bits per heavy atom. The Labute approximate surface area is 199 Å². The number of thiophene rings is 1. The van der Waals surface area contributed by atoms with Gasteiger partial charge in [0.25, 0.3) is 10.0 Å². The number of aliphatic hydroxyl groups is 1. The number of hydrogen-bond acceptors (Lipinski definition) is 7. The first-order valence-corrected chi connectivity index (χ1v) is 13.3. The second kappa shape index (κ2) is 9.90. The van der Waals surface area contributed by atoms with E-state index in [9.17, 15) is 13.5 Å². The van der Waals surface area contributed by atoms with Gasteiger partial charge < -0.3 is 15.3 Å². The molecule has 0 saturated carbocycles. The third-order valence-electron chi connectivity index (χ3n) is 5.87. The van der Waals surface area contributed by atoms with Crippen LogP contribution >= 0.6 is 11.3 Å². The molecular formula is C24H30N4O3S2. The first-order valence-electron chi connectivity index (χ1n) is 11.0. The maximum Gasteiger partial charge on any atom is 0.252 e. The number of piperazine rings is 1. The largest absolute Gasteiger partial charge is 0.386 e. The number of rotatable bonds is 8. The van der Waals surface area contributed by atoms with Crippen molar-refractivity contribution in [2.75, 3.05) is 31.1 Å². The predicted octanol–water partition coefficient (Wildman–Crippen LogP) is 3.04. The van der Waals surface area contributed by atoms with Crippen molar-refractivity contribution in [1.29, 1.82) is 0 Å². The van der Waals surface area contributed by atoms with Crippen LogP contribution < -0.4 is 10.2 Å².